The maximum absolute atomic E-state index is 11.3. The highest BCUT2D eigenvalue weighted by Crippen LogP contribution is 2.18. The van der Waals surface area contributed by atoms with Crippen molar-refractivity contribution in [3.05, 3.63) is 34.3 Å². The van der Waals surface area contributed by atoms with Crippen molar-refractivity contribution in [3.8, 4) is 0 Å². The minimum absolute atomic E-state index is 0.0850. The topological polar surface area (TPSA) is 46.2 Å². The summed E-state index contributed by atoms with van der Waals surface area (Å²) < 4.78 is 26.0. The fraction of sp³-hybridized carbons (Fsp3) is 0.333. The van der Waals surface area contributed by atoms with Crippen LogP contribution in [-0.4, -0.2) is 13.1 Å². The van der Waals surface area contributed by atoms with Gasteiger partial charge in [0.15, 0.2) is 0 Å². The highest BCUT2D eigenvalue weighted by atomic mass is 79.9. The molecule has 0 saturated heterocycles. The summed E-state index contributed by atoms with van der Waals surface area (Å²) in [6, 6.07) is 7.31. The molecule has 1 atom stereocenters. The van der Waals surface area contributed by atoms with Crippen LogP contribution >= 0.6 is 31.9 Å². The molecule has 0 spiro atoms. The van der Waals surface area contributed by atoms with Gasteiger partial charge < -0.3 is 0 Å². The average molecular weight is 357 g/mol. The van der Waals surface area contributed by atoms with Crippen molar-refractivity contribution < 1.29 is 8.42 Å². The molecule has 1 rings (SSSR count). The van der Waals surface area contributed by atoms with Crippen molar-refractivity contribution in [1.82, 2.24) is 4.72 Å². The molecule has 15 heavy (non-hydrogen) atoms. The Morgan fingerprint density at radius 3 is 2.67 bits per heavy atom. The van der Waals surface area contributed by atoms with Crippen LogP contribution in [0.1, 0.15) is 18.5 Å². The molecule has 0 radical (unpaired) electrons. The Morgan fingerprint density at radius 2 is 2.13 bits per heavy atom. The van der Waals surface area contributed by atoms with Gasteiger partial charge in [0.05, 0.1) is 0 Å². The van der Waals surface area contributed by atoms with Crippen LogP contribution in [0.2, 0.25) is 0 Å². The summed E-state index contributed by atoms with van der Waals surface area (Å²) in [7, 11) is -3.23. The largest absolute Gasteiger partial charge is 0.222 e. The lowest BCUT2D eigenvalue weighted by Gasteiger charge is -2.13. The molecule has 1 aromatic rings. The zero-order chi connectivity index (χ0) is 11.5. The molecule has 0 aliphatic carbocycles. The van der Waals surface area contributed by atoms with Crippen molar-refractivity contribution in [2.75, 3.05) is 4.66 Å². The lowest BCUT2D eigenvalue weighted by molar-refractivity contribution is 0.572. The Hall–Kier alpha value is 0.0900. The van der Waals surface area contributed by atoms with Crippen LogP contribution in [0.5, 0.6) is 0 Å². The van der Waals surface area contributed by atoms with Crippen LogP contribution in [0.4, 0.5) is 0 Å². The van der Waals surface area contributed by atoms with E-state index in [4.69, 9.17) is 0 Å². The van der Waals surface area contributed by atoms with Crippen molar-refractivity contribution in [1.29, 1.82) is 0 Å². The van der Waals surface area contributed by atoms with Gasteiger partial charge in [0, 0.05) is 10.5 Å². The van der Waals surface area contributed by atoms with E-state index in [0.717, 1.165) is 10.0 Å². The van der Waals surface area contributed by atoms with E-state index < -0.39 is 10.0 Å². The quantitative estimate of drug-likeness (QED) is 0.843. The van der Waals surface area contributed by atoms with Crippen molar-refractivity contribution in [2.24, 2.45) is 0 Å². The fourth-order valence-electron chi connectivity index (χ4n) is 1.14. The van der Waals surface area contributed by atoms with Gasteiger partial charge >= 0.3 is 0 Å². The normalized spacial score (nSPS) is 13.8. The smallest absolute Gasteiger partial charge is 0.212 e. The van der Waals surface area contributed by atoms with Crippen molar-refractivity contribution in [3.63, 3.8) is 0 Å². The predicted molar refractivity (Wildman–Crippen MR) is 68.4 cm³/mol. The number of hydrogen-bond donors (Lipinski definition) is 1. The average Bonchev–Trinajstić information content (AvgIpc) is 2.17. The third kappa shape index (κ3) is 4.22. The lowest BCUT2D eigenvalue weighted by Crippen LogP contribution is -2.27. The minimum atomic E-state index is -3.23. The van der Waals surface area contributed by atoms with Crippen LogP contribution in [0.3, 0.4) is 0 Å². The Kier molecular flexibility index (Phi) is 4.76. The highest BCUT2D eigenvalue weighted by Gasteiger charge is 2.13. The predicted octanol–water partition coefficient (Wildman–Crippen LogP) is 2.78. The van der Waals surface area contributed by atoms with Gasteiger partial charge in [0.1, 0.15) is 4.66 Å². The number of sulfonamides is 1. The molecule has 1 N–H and O–H groups in total. The molecule has 1 unspecified atom stereocenters. The Labute approximate surface area is 107 Å². The summed E-state index contributed by atoms with van der Waals surface area (Å²) >= 11 is 6.27. The van der Waals surface area contributed by atoms with E-state index in [2.05, 4.69) is 36.6 Å². The zero-order valence-electron chi connectivity index (χ0n) is 8.07. The van der Waals surface area contributed by atoms with Crippen LogP contribution in [0, 0.1) is 0 Å². The highest BCUT2D eigenvalue weighted by molar-refractivity contribution is 9.10. The number of hydrogen-bond acceptors (Lipinski definition) is 2. The molecular weight excluding hydrogens is 346 g/mol. The van der Waals surface area contributed by atoms with E-state index in [1.807, 2.05) is 31.2 Å². The number of alkyl halides is 1. The van der Waals surface area contributed by atoms with Crippen LogP contribution in [0.25, 0.3) is 0 Å². The molecule has 0 aromatic heterocycles. The molecule has 1 aromatic carbocycles. The lowest BCUT2D eigenvalue weighted by atomic mass is 10.1. The summed E-state index contributed by atoms with van der Waals surface area (Å²) in [4.78, 5) is 0. The summed E-state index contributed by atoms with van der Waals surface area (Å²) in [5.41, 5.74) is 0.925. The first kappa shape index (κ1) is 13.2. The summed E-state index contributed by atoms with van der Waals surface area (Å²) in [6.07, 6.45) is 0. The second kappa shape index (κ2) is 5.43. The van der Waals surface area contributed by atoms with Gasteiger partial charge in [0.25, 0.3) is 0 Å². The second-order valence-corrected chi connectivity index (χ2v) is 7.09. The monoisotopic (exact) mass is 355 g/mol. The number of nitrogens with one attached hydrogen (secondary N) is 1. The SMILES string of the molecule is CC(NS(=O)(=O)CBr)c1cccc(Br)c1. The second-order valence-electron chi connectivity index (χ2n) is 3.12. The Balaban J connectivity index is 2.82. The van der Waals surface area contributed by atoms with Gasteiger partial charge in [-0.1, -0.05) is 44.0 Å². The summed E-state index contributed by atoms with van der Waals surface area (Å²) in [5.74, 6) is 0. The first-order valence-corrected chi connectivity index (χ1v) is 7.83. The fourth-order valence-corrected chi connectivity index (χ4v) is 2.70. The van der Waals surface area contributed by atoms with Gasteiger partial charge in [-0.3, -0.25) is 0 Å². The summed E-state index contributed by atoms with van der Waals surface area (Å²) in [5, 5.41) is 0. The standard InChI is InChI=1S/C9H11Br2NO2S/c1-7(12-15(13,14)6-10)8-3-2-4-9(11)5-8/h2-5,7,12H,6H2,1H3. The van der Waals surface area contributed by atoms with Crippen molar-refractivity contribution >= 4 is 41.9 Å². The van der Waals surface area contributed by atoms with E-state index in [9.17, 15) is 8.42 Å². The third-order valence-corrected chi connectivity index (χ3v) is 5.15. The number of halogens is 2. The van der Waals surface area contributed by atoms with E-state index >= 15 is 0 Å². The van der Waals surface area contributed by atoms with Gasteiger partial charge in [-0.2, -0.15) is 0 Å². The Bertz CT molecular complexity index is 433. The van der Waals surface area contributed by atoms with Gasteiger partial charge in [0.2, 0.25) is 10.0 Å². The molecule has 6 heteroatoms. The molecule has 0 aliphatic rings. The van der Waals surface area contributed by atoms with Crippen LogP contribution in [0.15, 0.2) is 28.7 Å². The zero-order valence-corrected chi connectivity index (χ0v) is 12.1. The third-order valence-electron chi connectivity index (χ3n) is 1.85. The molecule has 0 amide bonds. The Morgan fingerprint density at radius 1 is 1.47 bits per heavy atom. The molecule has 0 saturated carbocycles. The number of rotatable bonds is 4. The van der Waals surface area contributed by atoms with E-state index in [1.165, 1.54) is 0 Å². The van der Waals surface area contributed by atoms with Gasteiger partial charge in [-0.15, -0.1) is 0 Å². The summed E-state index contributed by atoms with van der Waals surface area (Å²) in [6.45, 7) is 1.81. The van der Waals surface area contributed by atoms with E-state index in [1.54, 1.807) is 0 Å². The number of benzene rings is 1. The maximum Gasteiger partial charge on any atom is 0.222 e. The first-order chi connectivity index (χ1) is 6.94. The van der Waals surface area contributed by atoms with E-state index in [0.29, 0.717) is 0 Å². The van der Waals surface area contributed by atoms with Crippen molar-refractivity contribution in [2.45, 2.75) is 13.0 Å². The van der Waals surface area contributed by atoms with Crippen LogP contribution < -0.4 is 4.72 Å². The van der Waals surface area contributed by atoms with Crippen LogP contribution in [-0.2, 0) is 10.0 Å². The van der Waals surface area contributed by atoms with Gasteiger partial charge in [-0.05, 0) is 24.6 Å². The maximum atomic E-state index is 11.3. The molecule has 0 bridgehead atoms. The molecule has 0 fully saturated rings. The molecule has 0 aliphatic heterocycles. The first-order valence-electron chi connectivity index (χ1n) is 4.26. The van der Waals surface area contributed by atoms with E-state index in [-0.39, 0.29) is 10.7 Å². The molecular formula is C9H11Br2NO2S. The minimum Gasteiger partial charge on any atom is -0.212 e. The molecule has 84 valence electrons. The molecule has 3 nitrogen and oxygen atoms in total. The molecule has 0 heterocycles. The van der Waals surface area contributed by atoms with Gasteiger partial charge in [-0.25, -0.2) is 13.1 Å².